The summed E-state index contributed by atoms with van der Waals surface area (Å²) < 4.78 is 3.13. The van der Waals surface area contributed by atoms with Crippen LogP contribution in [0.4, 0.5) is 17.1 Å². The first kappa shape index (κ1) is 15.8. The molecule has 22 heavy (non-hydrogen) atoms. The summed E-state index contributed by atoms with van der Waals surface area (Å²) in [6.45, 7) is 0. The summed E-state index contributed by atoms with van der Waals surface area (Å²) in [7, 11) is 0. The van der Waals surface area contributed by atoms with E-state index in [-0.39, 0.29) is 0 Å². The first-order valence-electron chi connectivity index (χ1n) is 6.72. The van der Waals surface area contributed by atoms with Crippen LogP contribution in [0.2, 0.25) is 0 Å². The Hall–Kier alpha value is -1.10. The van der Waals surface area contributed by atoms with Crippen LogP contribution in [0.15, 0.2) is 86.2 Å². The highest BCUT2D eigenvalue weighted by Gasteiger charge is 2.18. The van der Waals surface area contributed by atoms with Gasteiger partial charge in [-0.05, 0) is 84.2 Å². The lowest BCUT2D eigenvalue weighted by atomic mass is 10.2. The first-order valence-corrected chi connectivity index (χ1v) is 9.10. The maximum absolute atomic E-state index is 3.67. The Balaban J connectivity index is 2.27. The maximum Gasteiger partial charge on any atom is 0.0604 e. The summed E-state index contributed by atoms with van der Waals surface area (Å²) in [6.07, 6.45) is 0. The van der Waals surface area contributed by atoms with Gasteiger partial charge in [-0.1, -0.05) is 36.4 Å². The van der Waals surface area contributed by atoms with Gasteiger partial charge in [-0.25, -0.2) is 0 Å². The van der Waals surface area contributed by atoms with Crippen molar-refractivity contribution in [1.82, 2.24) is 0 Å². The molecule has 110 valence electrons. The lowest BCUT2D eigenvalue weighted by Crippen LogP contribution is -2.11. The Labute approximate surface area is 155 Å². The van der Waals surface area contributed by atoms with E-state index in [9.17, 15) is 0 Å². The van der Waals surface area contributed by atoms with Gasteiger partial charge < -0.3 is 4.90 Å². The van der Waals surface area contributed by atoms with Crippen LogP contribution in [-0.2, 0) is 0 Å². The van der Waals surface area contributed by atoms with Crippen molar-refractivity contribution >= 4 is 64.9 Å². The van der Waals surface area contributed by atoms with Crippen molar-refractivity contribution < 1.29 is 0 Å². The van der Waals surface area contributed by atoms with E-state index in [1.807, 2.05) is 36.4 Å². The van der Waals surface area contributed by atoms with E-state index >= 15 is 0 Å². The van der Waals surface area contributed by atoms with Crippen LogP contribution in [0.1, 0.15) is 0 Å². The quantitative estimate of drug-likeness (QED) is 0.375. The van der Waals surface area contributed by atoms with E-state index in [4.69, 9.17) is 0 Å². The summed E-state index contributed by atoms with van der Waals surface area (Å²) in [6, 6.07) is 24.6. The van der Waals surface area contributed by atoms with E-state index in [2.05, 4.69) is 89.1 Å². The van der Waals surface area contributed by atoms with Gasteiger partial charge in [-0.2, -0.15) is 0 Å². The third kappa shape index (κ3) is 3.14. The summed E-state index contributed by atoms with van der Waals surface area (Å²) in [4.78, 5) is 2.22. The number of halogens is 3. The number of hydrogen-bond acceptors (Lipinski definition) is 1. The number of benzene rings is 3. The molecule has 4 heteroatoms. The van der Waals surface area contributed by atoms with Gasteiger partial charge in [-0.15, -0.1) is 0 Å². The topological polar surface area (TPSA) is 3.24 Å². The third-order valence-corrected chi connectivity index (χ3v) is 5.29. The third-order valence-electron chi connectivity index (χ3n) is 3.28. The van der Waals surface area contributed by atoms with Crippen LogP contribution in [0.3, 0.4) is 0 Å². The Bertz CT molecular complexity index is 693. The van der Waals surface area contributed by atoms with E-state index in [1.165, 1.54) is 0 Å². The van der Waals surface area contributed by atoms with Gasteiger partial charge in [0.25, 0.3) is 0 Å². The molecule has 0 bridgehead atoms. The van der Waals surface area contributed by atoms with Crippen molar-refractivity contribution in [2.24, 2.45) is 0 Å². The first-order chi connectivity index (χ1) is 10.7. The lowest BCUT2D eigenvalue weighted by molar-refractivity contribution is 1.25. The number of nitrogens with zero attached hydrogens (tertiary/aromatic N) is 1. The predicted octanol–water partition coefficient (Wildman–Crippen LogP) is 7.44. The van der Waals surface area contributed by atoms with Crippen LogP contribution in [0, 0.1) is 0 Å². The normalized spacial score (nSPS) is 10.5. The molecule has 0 aliphatic heterocycles. The zero-order valence-electron chi connectivity index (χ0n) is 11.5. The molecule has 0 unspecified atom stereocenters. The highest BCUT2D eigenvalue weighted by Crippen LogP contribution is 2.44. The van der Waals surface area contributed by atoms with Crippen molar-refractivity contribution in [3.8, 4) is 0 Å². The minimum Gasteiger partial charge on any atom is -0.307 e. The van der Waals surface area contributed by atoms with E-state index in [1.54, 1.807) is 0 Å². The van der Waals surface area contributed by atoms with Crippen LogP contribution in [0.5, 0.6) is 0 Å². The molecule has 1 nitrogen and oxygen atoms in total. The molecule has 0 amide bonds. The van der Waals surface area contributed by atoms with Gasteiger partial charge in [0.1, 0.15) is 0 Å². The van der Waals surface area contributed by atoms with E-state index in [0.29, 0.717) is 0 Å². The summed E-state index contributed by atoms with van der Waals surface area (Å²) in [5.41, 5.74) is 3.25. The molecule has 0 aromatic heterocycles. The molecule has 0 N–H and O–H groups in total. The zero-order valence-corrected chi connectivity index (χ0v) is 16.3. The molecule has 3 rings (SSSR count). The molecule has 3 aromatic carbocycles. The second-order valence-corrected chi connectivity index (χ2v) is 7.25. The van der Waals surface area contributed by atoms with Crippen LogP contribution < -0.4 is 4.90 Å². The van der Waals surface area contributed by atoms with Gasteiger partial charge in [0.05, 0.1) is 17.1 Å². The molecule has 0 atom stereocenters. The summed E-state index contributed by atoms with van der Waals surface area (Å²) in [5.74, 6) is 0. The monoisotopic (exact) mass is 479 g/mol. The highest BCUT2D eigenvalue weighted by molar-refractivity contribution is 9.11. The maximum atomic E-state index is 3.67. The molecular formula is C18H12Br3N. The van der Waals surface area contributed by atoms with Crippen molar-refractivity contribution in [1.29, 1.82) is 0 Å². The molecule has 0 spiro atoms. The molecule has 0 aliphatic carbocycles. The number of anilines is 3. The smallest absolute Gasteiger partial charge is 0.0604 e. The fourth-order valence-corrected chi connectivity index (χ4v) is 3.67. The lowest BCUT2D eigenvalue weighted by Gasteiger charge is -2.28. The standard InChI is InChI=1S/C18H12Br3N/c19-13-7-1-4-10-16(13)22(17-11-5-2-8-14(17)20)18-12-6-3-9-15(18)21/h1-12H. The van der Waals surface area contributed by atoms with Crippen molar-refractivity contribution in [3.05, 3.63) is 86.2 Å². The average Bonchev–Trinajstić information content (AvgIpc) is 2.53. The molecule has 3 aromatic rings. The molecule has 0 radical (unpaired) electrons. The van der Waals surface area contributed by atoms with Crippen molar-refractivity contribution in [3.63, 3.8) is 0 Å². The van der Waals surface area contributed by atoms with Gasteiger partial charge >= 0.3 is 0 Å². The van der Waals surface area contributed by atoms with E-state index < -0.39 is 0 Å². The minimum atomic E-state index is 1.04. The minimum absolute atomic E-state index is 1.04. The SMILES string of the molecule is Brc1ccccc1N(c1ccccc1Br)c1ccccc1Br. The predicted molar refractivity (Wildman–Crippen MR) is 104 cm³/mol. The fraction of sp³-hybridized carbons (Fsp3) is 0. The van der Waals surface area contributed by atoms with Gasteiger partial charge in [0.15, 0.2) is 0 Å². The molecular weight excluding hydrogens is 470 g/mol. The van der Waals surface area contributed by atoms with Gasteiger partial charge in [0, 0.05) is 13.4 Å². The highest BCUT2D eigenvalue weighted by atomic mass is 79.9. The van der Waals surface area contributed by atoms with Crippen molar-refractivity contribution in [2.45, 2.75) is 0 Å². The largest absolute Gasteiger partial charge is 0.307 e. The van der Waals surface area contributed by atoms with Gasteiger partial charge in [-0.3, -0.25) is 0 Å². The molecule has 0 saturated heterocycles. The summed E-state index contributed by atoms with van der Waals surface area (Å²) in [5, 5.41) is 0. The van der Waals surface area contributed by atoms with Crippen molar-refractivity contribution in [2.75, 3.05) is 4.90 Å². The van der Waals surface area contributed by atoms with Crippen LogP contribution >= 0.6 is 47.8 Å². The number of hydrogen-bond donors (Lipinski definition) is 0. The zero-order chi connectivity index (χ0) is 15.5. The molecule has 0 heterocycles. The second kappa shape index (κ2) is 6.99. The Kier molecular flexibility index (Phi) is 5.01. The molecule has 0 saturated carbocycles. The Morgan fingerprint density at radius 2 is 0.727 bits per heavy atom. The van der Waals surface area contributed by atoms with Crippen LogP contribution in [-0.4, -0.2) is 0 Å². The summed E-state index contributed by atoms with van der Waals surface area (Å²) >= 11 is 11.0. The fourth-order valence-electron chi connectivity index (χ4n) is 2.29. The molecule has 0 aliphatic rings. The Morgan fingerprint density at radius 3 is 1.00 bits per heavy atom. The second-order valence-electron chi connectivity index (χ2n) is 4.69. The Morgan fingerprint density at radius 1 is 0.455 bits per heavy atom. The molecule has 0 fully saturated rings. The number of para-hydroxylation sites is 3. The van der Waals surface area contributed by atoms with Crippen LogP contribution in [0.25, 0.3) is 0 Å². The van der Waals surface area contributed by atoms with E-state index in [0.717, 1.165) is 30.5 Å². The number of rotatable bonds is 3. The average molecular weight is 482 g/mol. The van der Waals surface area contributed by atoms with Gasteiger partial charge in [0.2, 0.25) is 0 Å².